The predicted octanol–water partition coefficient (Wildman–Crippen LogP) is 0.0944. The summed E-state index contributed by atoms with van der Waals surface area (Å²) in [7, 11) is 1.38. The molecule has 1 N–H and O–H groups in total. The Morgan fingerprint density at radius 1 is 1.67 bits per heavy atom. The molecular formula is C9H13NO5. The van der Waals surface area contributed by atoms with Gasteiger partial charge in [-0.25, -0.2) is 9.59 Å². The van der Waals surface area contributed by atoms with Crippen molar-refractivity contribution in [2.45, 2.75) is 5.54 Å². The van der Waals surface area contributed by atoms with Crippen molar-refractivity contribution in [1.29, 1.82) is 0 Å². The Hall–Kier alpha value is -1.56. The Morgan fingerprint density at radius 2 is 2.27 bits per heavy atom. The molecule has 0 unspecified atom stereocenters. The van der Waals surface area contributed by atoms with Gasteiger partial charge in [0.05, 0.1) is 13.2 Å². The molecule has 0 aromatic rings. The summed E-state index contributed by atoms with van der Waals surface area (Å²) in [6, 6.07) is 0. The molecule has 0 radical (unpaired) electrons. The molecule has 84 valence electrons. The van der Waals surface area contributed by atoms with Crippen LogP contribution in [0.4, 0.5) is 4.79 Å². The molecule has 0 aromatic carbocycles. The zero-order valence-electron chi connectivity index (χ0n) is 8.43. The van der Waals surface area contributed by atoms with Gasteiger partial charge in [0, 0.05) is 7.05 Å². The lowest BCUT2D eigenvalue weighted by Gasteiger charge is -2.43. The first kappa shape index (κ1) is 11.5. The van der Waals surface area contributed by atoms with Crippen molar-refractivity contribution < 1.29 is 24.2 Å². The van der Waals surface area contributed by atoms with Crippen molar-refractivity contribution in [3.63, 3.8) is 0 Å². The summed E-state index contributed by atoms with van der Waals surface area (Å²) in [5, 5.41) is 8.98. The highest BCUT2D eigenvalue weighted by atomic mass is 16.6. The van der Waals surface area contributed by atoms with Gasteiger partial charge in [0.2, 0.25) is 0 Å². The minimum atomic E-state index is -1.28. The summed E-state index contributed by atoms with van der Waals surface area (Å²) in [4.78, 5) is 23.4. The zero-order valence-corrected chi connectivity index (χ0v) is 8.43. The summed E-state index contributed by atoms with van der Waals surface area (Å²) >= 11 is 0. The topological polar surface area (TPSA) is 76.1 Å². The van der Waals surface area contributed by atoms with Crippen LogP contribution in [0.5, 0.6) is 0 Å². The first-order valence-corrected chi connectivity index (χ1v) is 4.37. The van der Waals surface area contributed by atoms with E-state index >= 15 is 0 Å². The monoisotopic (exact) mass is 215 g/mol. The van der Waals surface area contributed by atoms with Crippen LogP contribution in [0.1, 0.15) is 0 Å². The molecule has 1 saturated heterocycles. The number of carboxylic acids is 1. The second kappa shape index (κ2) is 4.31. The van der Waals surface area contributed by atoms with E-state index in [-0.39, 0.29) is 19.8 Å². The molecule has 0 aliphatic carbocycles. The van der Waals surface area contributed by atoms with Gasteiger partial charge in [0.25, 0.3) is 0 Å². The lowest BCUT2D eigenvalue weighted by Crippen LogP contribution is -2.67. The van der Waals surface area contributed by atoms with Crippen molar-refractivity contribution in [2.24, 2.45) is 0 Å². The Balaban J connectivity index is 2.65. The van der Waals surface area contributed by atoms with Crippen molar-refractivity contribution in [2.75, 3.05) is 26.9 Å². The molecule has 0 saturated carbocycles. The number of hydrogen-bond donors (Lipinski definition) is 1. The number of carbonyl (C=O) groups excluding carboxylic acids is 1. The third kappa shape index (κ3) is 1.94. The fourth-order valence-corrected chi connectivity index (χ4v) is 1.16. The van der Waals surface area contributed by atoms with Crippen molar-refractivity contribution in [3.8, 4) is 0 Å². The van der Waals surface area contributed by atoms with Gasteiger partial charge < -0.3 is 14.6 Å². The zero-order chi connectivity index (χ0) is 11.5. The van der Waals surface area contributed by atoms with E-state index in [0.717, 1.165) is 4.90 Å². The largest absolute Gasteiger partial charge is 0.479 e. The Labute approximate surface area is 87.1 Å². The number of likely N-dealkylation sites (N-methyl/N-ethyl adjacent to an activating group) is 1. The summed E-state index contributed by atoms with van der Waals surface area (Å²) in [6.45, 7) is 3.42. The standard InChI is InChI=1S/C9H13NO5/c1-3-4-15-8(13)10(2)9(7(11)12)5-14-6-9/h3H,1,4-6H2,2H3,(H,11,12). The fourth-order valence-electron chi connectivity index (χ4n) is 1.16. The minimum Gasteiger partial charge on any atom is -0.479 e. The van der Waals surface area contributed by atoms with E-state index in [2.05, 4.69) is 6.58 Å². The Morgan fingerprint density at radius 3 is 2.60 bits per heavy atom. The summed E-state index contributed by atoms with van der Waals surface area (Å²) in [5.41, 5.74) is -1.28. The smallest absolute Gasteiger partial charge is 0.410 e. The number of carboxylic acid groups (broad SMARTS) is 1. The first-order valence-electron chi connectivity index (χ1n) is 4.37. The fraction of sp³-hybridized carbons (Fsp3) is 0.556. The van der Waals surface area contributed by atoms with Crippen LogP contribution in [-0.2, 0) is 14.3 Å². The van der Waals surface area contributed by atoms with Crippen LogP contribution in [0.25, 0.3) is 0 Å². The highest BCUT2D eigenvalue weighted by Crippen LogP contribution is 2.24. The van der Waals surface area contributed by atoms with Gasteiger partial charge in [-0.15, -0.1) is 0 Å². The second-order valence-corrected chi connectivity index (χ2v) is 3.25. The van der Waals surface area contributed by atoms with Crippen LogP contribution in [0.2, 0.25) is 0 Å². The van der Waals surface area contributed by atoms with Crippen LogP contribution in [-0.4, -0.2) is 54.5 Å². The average molecular weight is 215 g/mol. The highest BCUT2D eigenvalue weighted by molar-refractivity contribution is 5.85. The van der Waals surface area contributed by atoms with E-state index in [1.54, 1.807) is 0 Å². The van der Waals surface area contributed by atoms with Gasteiger partial charge in [-0.3, -0.25) is 4.90 Å². The van der Waals surface area contributed by atoms with Crippen LogP contribution in [0.15, 0.2) is 12.7 Å². The molecule has 1 rings (SSSR count). The lowest BCUT2D eigenvalue weighted by atomic mass is 9.96. The maximum Gasteiger partial charge on any atom is 0.410 e. The number of amides is 1. The SMILES string of the molecule is C=CCOC(=O)N(C)C1(C(=O)O)COC1. The number of ether oxygens (including phenoxy) is 2. The lowest BCUT2D eigenvalue weighted by molar-refractivity contribution is -0.180. The van der Waals surface area contributed by atoms with Crippen molar-refractivity contribution in [1.82, 2.24) is 4.90 Å². The van der Waals surface area contributed by atoms with Crippen LogP contribution < -0.4 is 0 Å². The molecule has 1 fully saturated rings. The molecule has 1 aliphatic rings. The third-order valence-electron chi connectivity index (χ3n) is 2.32. The van der Waals surface area contributed by atoms with Crippen molar-refractivity contribution in [3.05, 3.63) is 12.7 Å². The maximum atomic E-state index is 11.4. The molecule has 0 bridgehead atoms. The highest BCUT2D eigenvalue weighted by Gasteiger charge is 2.52. The Bertz CT molecular complexity index is 284. The summed E-state index contributed by atoms with van der Waals surface area (Å²) in [6.07, 6.45) is 0.719. The van der Waals surface area contributed by atoms with E-state index in [1.807, 2.05) is 0 Å². The normalized spacial score (nSPS) is 17.4. The molecule has 0 atom stereocenters. The van der Waals surface area contributed by atoms with Gasteiger partial charge in [-0.05, 0) is 0 Å². The number of rotatable bonds is 4. The minimum absolute atomic E-state index is 0.0119. The number of hydrogen-bond acceptors (Lipinski definition) is 4. The average Bonchev–Trinajstić information content (AvgIpc) is 2.11. The van der Waals surface area contributed by atoms with E-state index < -0.39 is 17.6 Å². The molecular weight excluding hydrogens is 202 g/mol. The van der Waals surface area contributed by atoms with Crippen LogP contribution in [0.3, 0.4) is 0 Å². The molecule has 1 amide bonds. The summed E-state index contributed by atoms with van der Waals surface area (Å²) in [5.74, 6) is -1.09. The van der Waals surface area contributed by atoms with Gasteiger partial charge in [0.15, 0.2) is 5.54 Å². The van der Waals surface area contributed by atoms with Gasteiger partial charge in [0.1, 0.15) is 6.61 Å². The predicted molar refractivity (Wildman–Crippen MR) is 50.5 cm³/mol. The van der Waals surface area contributed by atoms with Crippen LogP contribution in [0, 0.1) is 0 Å². The number of nitrogens with zero attached hydrogens (tertiary/aromatic N) is 1. The summed E-state index contributed by atoms with van der Waals surface area (Å²) < 4.78 is 9.56. The number of aliphatic carboxylic acids is 1. The molecule has 1 aliphatic heterocycles. The van der Waals surface area contributed by atoms with E-state index in [1.165, 1.54) is 13.1 Å². The third-order valence-corrected chi connectivity index (χ3v) is 2.32. The van der Waals surface area contributed by atoms with E-state index in [4.69, 9.17) is 14.6 Å². The molecule has 15 heavy (non-hydrogen) atoms. The van der Waals surface area contributed by atoms with Gasteiger partial charge in [-0.1, -0.05) is 12.7 Å². The first-order chi connectivity index (χ1) is 7.04. The molecule has 6 nitrogen and oxygen atoms in total. The maximum absolute atomic E-state index is 11.4. The quantitative estimate of drug-likeness (QED) is 0.673. The Kier molecular flexibility index (Phi) is 3.31. The number of carbonyl (C=O) groups is 2. The molecule has 0 spiro atoms. The van der Waals surface area contributed by atoms with Crippen molar-refractivity contribution >= 4 is 12.1 Å². The van der Waals surface area contributed by atoms with Gasteiger partial charge >= 0.3 is 12.1 Å². The molecule has 6 heteroatoms. The van der Waals surface area contributed by atoms with Crippen LogP contribution >= 0.6 is 0 Å². The second-order valence-electron chi connectivity index (χ2n) is 3.25. The van der Waals surface area contributed by atoms with E-state index in [0.29, 0.717) is 0 Å². The molecule has 1 heterocycles. The molecule has 0 aromatic heterocycles. The van der Waals surface area contributed by atoms with Gasteiger partial charge in [-0.2, -0.15) is 0 Å². The van der Waals surface area contributed by atoms with E-state index in [9.17, 15) is 9.59 Å².